The van der Waals surface area contributed by atoms with Gasteiger partial charge in [-0.1, -0.05) is 11.6 Å². The molecule has 0 N–H and O–H groups in total. The van der Waals surface area contributed by atoms with Crippen molar-refractivity contribution in [2.24, 2.45) is 0 Å². The Labute approximate surface area is 189 Å². The number of hydrogen-bond donors (Lipinski definition) is 0. The number of furan rings is 1. The molecule has 5 aromatic rings. The van der Waals surface area contributed by atoms with Gasteiger partial charge in [0.2, 0.25) is 5.82 Å². The van der Waals surface area contributed by atoms with Crippen molar-refractivity contribution >= 4 is 44.8 Å². The van der Waals surface area contributed by atoms with Gasteiger partial charge in [-0.05, 0) is 42.8 Å². The van der Waals surface area contributed by atoms with Crippen LogP contribution >= 0.6 is 22.9 Å². The summed E-state index contributed by atoms with van der Waals surface area (Å²) in [4.78, 5) is 22.2. The average Bonchev–Trinajstić information content (AvgIpc) is 3.49. The summed E-state index contributed by atoms with van der Waals surface area (Å²) >= 11 is 7.23. The zero-order chi connectivity index (χ0) is 22.4. The van der Waals surface area contributed by atoms with E-state index >= 15 is 0 Å². The number of carbonyl (C=O) groups is 1. The van der Waals surface area contributed by atoms with Crippen molar-refractivity contribution in [3.05, 3.63) is 63.7 Å². The first-order chi connectivity index (χ1) is 15.4. The van der Waals surface area contributed by atoms with Gasteiger partial charge in [0.1, 0.15) is 40.0 Å². The second kappa shape index (κ2) is 7.88. The number of ether oxygens (including phenoxy) is 2. The predicted octanol–water partition coefficient (Wildman–Crippen LogP) is 5.07. The van der Waals surface area contributed by atoms with Crippen molar-refractivity contribution in [3.8, 4) is 17.3 Å². The molecule has 4 aromatic heterocycles. The molecule has 0 aliphatic carbocycles. The lowest BCUT2D eigenvalue weighted by Crippen LogP contribution is -1.99. The molecule has 0 aliphatic heterocycles. The van der Waals surface area contributed by atoms with Gasteiger partial charge < -0.3 is 13.9 Å². The Morgan fingerprint density at radius 3 is 2.94 bits per heavy atom. The molecule has 0 saturated carbocycles. The largest absolute Gasteiger partial charge is 0.484 e. The van der Waals surface area contributed by atoms with E-state index in [-0.39, 0.29) is 11.6 Å². The van der Waals surface area contributed by atoms with E-state index in [0.29, 0.717) is 38.4 Å². The van der Waals surface area contributed by atoms with Crippen molar-refractivity contribution in [1.82, 2.24) is 19.6 Å². The van der Waals surface area contributed by atoms with Gasteiger partial charge in [-0.15, -0.1) is 16.4 Å². The summed E-state index contributed by atoms with van der Waals surface area (Å²) in [6.45, 7) is 1.92. The molecular weight excluding hydrogens is 459 g/mol. The first-order valence-electron chi connectivity index (χ1n) is 9.34. The molecule has 0 spiro atoms. The smallest absolute Gasteiger partial charge is 0.348 e. The van der Waals surface area contributed by atoms with Crippen molar-refractivity contribution in [2.45, 2.75) is 13.5 Å². The monoisotopic (exact) mass is 472 g/mol. The second-order valence-corrected chi connectivity index (χ2v) is 8.21. The number of aromatic nitrogens is 4. The quantitative estimate of drug-likeness (QED) is 0.330. The van der Waals surface area contributed by atoms with Crippen LogP contribution in [0.2, 0.25) is 5.02 Å². The summed E-state index contributed by atoms with van der Waals surface area (Å²) in [5.74, 6) is 0.799. The third-order valence-corrected chi connectivity index (χ3v) is 6.26. The zero-order valence-corrected chi connectivity index (χ0v) is 18.3. The summed E-state index contributed by atoms with van der Waals surface area (Å²) in [5, 5.41) is 5.35. The maximum absolute atomic E-state index is 13.2. The normalized spacial score (nSPS) is 11.4. The van der Waals surface area contributed by atoms with Crippen LogP contribution in [0, 0.1) is 12.7 Å². The van der Waals surface area contributed by atoms with E-state index in [1.54, 1.807) is 12.1 Å². The number of rotatable bonds is 5. The molecule has 0 bridgehead atoms. The number of aryl methyl sites for hydroxylation is 1. The molecule has 0 aliphatic rings. The van der Waals surface area contributed by atoms with Crippen LogP contribution in [0.5, 0.6) is 5.75 Å². The van der Waals surface area contributed by atoms with Gasteiger partial charge in [-0.2, -0.15) is 0 Å². The third-order valence-electron chi connectivity index (χ3n) is 4.78. The lowest BCUT2D eigenvalue weighted by molar-refractivity contribution is 0.0605. The summed E-state index contributed by atoms with van der Waals surface area (Å²) < 4.78 is 31.0. The number of thiophene rings is 1. The molecule has 0 amide bonds. The fourth-order valence-corrected chi connectivity index (χ4v) is 4.53. The second-order valence-electron chi connectivity index (χ2n) is 6.81. The minimum Gasteiger partial charge on any atom is -0.484 e. The van der Waals surface area contributed by atoms with E-state index in [1.165, 1.54) is 47.5 Å². The third kappa shape index (κ3) is 3.47. The highest BCUT2D eigenvalue weighted by Gasteiger charge is 2.21. The van der Waals surface area contributed by atoms with Crippen LogP contribution in [-0.4, -0.2) is 32.7 Å². The minimum atomic E-state index is -0.441. The summed E-state index contributed by atoms with van der Waals surface area (Å²) in [5.41, 5.74) is 1.29. The van der Waals surface area contributed by atoms with E-state index in [4.69, 9.17) is 25.5 Å². The average molecular weight is 473 g/mol. The number of methoxy groups -OCH3 is 1. The van der Waals surface area contributed by atoms with E-state index in [9.17, 15) is 9.18 Å². The number of esters is 1. The first-order valence-corrected chi connectivity index (χ1v) is 10.5. The van der Waals surface area contributed by atoms with Gasteiger partial charge in [0.05, 0.1) is 17.5 Å². The number of nitrogens with zero attached hydrogens (tertiary/aromatic N) is 4. The maximum Gasteiger partial charge on any atom is 0.348 e. The SMILES string of the molecule is COC(=O)c1sc2ncn3nc(-c4ccc(COc5ccc(F)cc5Cl)o4)nc3c2c1C. The molecule has 0 radical (unpaired) electrons. The standard InChI is InChI=1S/C21H14ClFN4O4S/c1-10-16-19-25-18(26-27(19)9-24-20(16)32-17(10)21(28)29-2)15-6-4-12(31-15)8-30-14-5-3-11(23)7-13(14)22/h3-7,9H,8H2,1-2H3. The zero-order valence-electron chi connectivity index (χ0n) is 16.8. The van der Waals surface area contributed by atoms with Crippen LogP contribution in [0.3, 0.4) is 0 Å². The highest BCUT2D eigenvalue weighted by molar-refractivity contribution is 7.20. The van der Waals surface area contributed by atoms with Gasteiger partial charge in [0.15, 0.2) is 11.4 Å². The molecular formula is C21H14ClFN4O4S. The first kappa shape index (κ1) is 20.4. The van der Waals surface area contributed by atoms with Crippen molar-refractivity contribution in [2.75, 3.05) is 7.11 Å². The van der Waals surface area contributed by atoms with Crippen LogP contribution < -0.4 is 4.74 Å². The van der Waals surface area contributed by atoms with Gasteiger partial charge in [-0.3, -0.25) is 0 Å². The van der Waals surface area contributed by atoms with E-state index < -0.39 is 11.8 Å². The summed E-state index contributed by atoms with van der Waals surface area (Å²) in [6.07, 6.45) is 1.54. The molecule has 162 valence electrons. The number of halogens is 2. The Hall–Kier alpha value is -3.50. The van der Waals surface area contributed by atoms with Crippen molar-refractivity contribution < 1.29 is 23.1 Å². The van der Waals surface area contributed by atoms with Gasteiger partial charge in [0, 0.05) is 0 Å². The molecule has 4 heterocycles. The number of benzene rings is 1. The van der Waals surface area contributed by atoms with Crippen molar-refractivity contribution in [1.29, 1.82) is 0 Å². The van der Waals surface area contributed by atoms with Crippen LogP contribution in [0.15, 0.2) is 41.1 Å². The van der Waals surface area contributed by atoms with Gasteiger partial charge in [0.25, 0.3) is 0 Å². The van der Waals surface area contributed by atoms with E-state index in [1.807, 2.05) is 6.92 Å². The lowest BCUT2D eigenvalue weighted by Gasteiger charge is -2.05. The number of fused-ring (bicyclic) bond motifs is 3. The molecule has 0 fully saturated rings. The molecule has 8 nitrogen and oxygen atoms in total. The highest BCUT2D eigenvalue weighted by atomic mass is 35.5. The number of carbonyl (C=O) groups excluding carboxylic acids is 1. The fourth-order valence-electron chi connectivity index (χ4n) is 3.24. The Bertz CT molecular complexity index is 1490. The molecule has 1 aromatic carbocycles. The van der Waals surface area contributed by atoms with E-state index in [2.05, 4.69) is 15.1 Å². The van der Waals surface area contributed by atoms with Crippen molar-refractivity contribution in [3.63, 3.8) is 0 Å². The van der Waals surface area contributed by atoms with Gasteiger partial charge >= 0.3 is 5.97 Å². The molecule has 32 heavy (non-hydrogen) atoms. The minimum absolute atomic E-state index is 0.0939. The van der Waals surface area contributed by atoms with Crippen LogP contribution in [0.1, 0.15) is 21.0 Å². The Morgan fingerprint density at radius 2 is 2.16 bits per heavy atom. The number of hydrogen-bond acceptors (Lipinski definition) is 8. The summed E-state index contributed by atoms with van der Waals surface area (Å²) in [7, 11) is 1.34. The maximum atomic E-state index is 13.2. The van der Waals surface area contributed by atoms with E-state index in [0.717, 1.165) is 10.9 Å². The molecule has 0 unspecified atom stereocenters. The molecule has 5 rings (SSSR count). The summed E-state index contributed by atoms with van der Waals surface area (Å²) in [6, 6.07) is 7.36. The lowest BCUT2D eigenvalue weighted by atomic mass is 10.2. The Morgan fingerprint density at radius 1 is 1.31 bits per heavy atom. The van der Waals surface area contributed by atoms with Gasteiger partial charge in [-0.25, -0.2) is 23.7 Å². The van der Waals surface area contributed by atoms with Crippen LogP contribution in [0.25, 0.3) is 27.4 Å². The Kier molecular flexibility index (Phi) is 5.03. The van der Waals surface area contributed by atoms with Crippen LogP contribution in [0.4, 0.5) is 4.39 Å². The van der Waals surface area contributed by atoms with Crippen LogP contribution in [-0.2, 0) is 11.3 Å². The highest BCUT2D eigenvalue weighted by Crippen LogP contribution is 2.33. The Balaban J connectivity index is 1.45. The topological polar surface area (TPSA) is 91.8 Å². The molecule has 0 saturated heterocycles. The molecule has 0 atom stereocenters. The molecule has 11 heteroatoms. The predicted molar refractivity (Wildman–Crippen MR) is 116 cm³/mol. The fraction of sp³-hybridized carbons (Fsp3) is 0.143.